The highest BCUT2D eigenvalue weighted by Crippen LogP contribution is 2.17. The number of hydrogen-bond acceptors (Lipinski definition) is 1. The van der Waals surface area contributed by atoms with E-state index in [0.29, 0.717) is 6.42 Å². The van der Waals surface area contributed by atoms with Crippen LogP contribution in [0.2, 0.25) is 0 Å². The Balaban J connectivity index is 1.99. The minimum atomic E-state index is -0.656. The molecule has 2 heteroatoms. The molecule has 0 fully saturated rings. The third-order valence-electron chi connectivity index (χ3n) is 5.24. The maximum atomic E-state index is 11.5. The van der Waals surface area contributed by atoms with Crippen LogP contribution in [0.1, 0.15) is 96.0 Å². The normalized spacial score (nSPS) is 12.5. The fraction of sp³-hybridized carbons (Fsp3) is 0.640. The van der Waals surface area contributed by atoms with E-state index in [1.54, 1.807) is 0 Å². The zero-order chi connectivity index (χ0) is 19.6. The van der Waals surface area contributed by atoms with E-state index in [1.807, 2.05) is 30.3 Å². The number of allylic oxidation sites excluding steroid dienone is 2. The molecule has 0 aliphatic rings. The standard InChI is InChI=1S/C25H40O2/c1-2-3-4-5-6-7-8-9-10-11-12-13-14-18-21-24(25(26)27)22-23-19-16-15-17-20-23/h9-10,15-17,19-20,24H,2-8,11-14,18,21-22H2,1H3,(H,26,27). The summed E-state index contributed by atoms with van der Waals surface area (Å²) in [6.45, 7) is 2.26. The van der Waals surface area contributed by atoms with E-state index in [0.717, 1.165) is 24.8 Å². The molecule has 0 aromatic heterocycles. The first-order valence-corrected chi connectivity index (χ1v) is 11.2. The van der Waals surface area contributed by atoms with Gasteiger partial charge in [-0.2, -0.15) is 0 Å². The highest BCUT2D eigenvalue weighted by atomic mass is 16.4. The van der Waals surface area contributed by atoms with Crippen molar-refractivity contribution in [2.45, 2.75) is 96.8 Å². The number of hydrogen-bond donors (Lipinski definition) is 1. The fourth-order valence-electron chi connectivity index (χ4n) is 3.50. The highest BCUT2D eigenvalue weighted by molar-refractivity contribution is 5.70. The number of rotatable bonds is 17. The second-order valence-electron chi connectivity index (χ2n) is 7.74. The molecule has 0 saturated carbocycles. The summed E-state index contributed by atoms with van der Waals surface area (Å²) in [6, 6.07) is 9.98. The topological polar surface area (TPSA) is 37.3 Å². The Bertz CT molecular complexity index is 492. The smallest absolute Gasteiger partial charge is 0.306 e. The monoisotopic (exact) mass is 372 g/mol. The van der Waals surface area contributed by atoms with Gasteiger partial charge in [0.05, 0.1) is 5.92 Å². The molecule has 0 heterocycles. The zero-order valence-corrected chi connectivity index (χ0v) is 17.4. The molecular formula is C25H40O2. The van der Waals surface area contributed by atoms with Gasteiger partial charge in [-0.3, -0.25) is 4.79 Å². The van der Waals surface area contributed by atoms with E-state index in [1.165, 1.54) is 64.2 Å². The largest absolute Gasteiger partial charge is 0.481 e. The molecule has 27 heavy (non-hydrogen) atoms. The van der Waals surface area contributed by atoms with Crippen LogP contribution in [0.5, 0.6) is 0 Å². The minimum Gasteiger partial charge on any atom is -0.481 e. The maximum absolute atomic E-state index is 11.5. The Morgan fingerprint density at radius 3 is 2.00 bits per heavy atom. The molecule has 0 aliphatic carbocycles. The molecule has 0 saturated heterocycles. The van der Waals surface area contributed by atoms with Crippen molar-refractivity contribution in [2.24, 2.45) is 5.92 Å². The van der Waals surface area contributed by atoms with Crippen LogP contribution >= 0.6 is 0 Å². The van der Waals surface area contributed by atoms with Crippen molar-refractivity contribution in [2.75, 3.05) is 0 Å². The zero-order valence-electron chi connectivity index (χ0n) is 17.4. The molecule has 0 aliphatic heterocycles. The Kier molecular flexibility index (Phi) is 14.4. The quantitative estimate of drug-likeness (QED) is 0.226. The summed E-state index contributed by atoms with van der Waals surface area (Å²) >= 11 is 0. The van der Waals surface area contributed by atoms with Gasteiger partial charge in [-0.1, -0.05) is 101 Å². The van der Waals surface area contributed by atoms with Crippen molar-refractivity contribution in [3.8, 4) is 0 Å². The van der Waals surface area contributed by atoms with Gasteiger partial charge in [-0.25, -0.2) is 0 Å². The van der Waals surface area contributed by atoms with Gasteiger partial charge in [0.2, 0.25) is 0 Å². The van der Waals surface area contributed by atoms with E-state index in [9.17, 15) is 9.90 Å². The molecule has 1 aromatic carbocycles. The maximum Gasteiger partial charge on any atom is 0.306 e. The van der Waals surface area contributed by atoms with Crippen LogP contribution in [0.25, 0.3) is 0 Å². The Morgan fingerprint density at radius 2 is 1.41 bits per heavy atom. The molecule has 0 bridgehead atoms. The summed E-state index contributed by atoms with van der Waals surface area (Å²) in [5.41, 5.74) is 1.13. The second-order valence-corrected chi connectivity index (χ2v) is 7.74. The van der Waals surface area contributed by atoms with Crippen LogP contribution in [0.3, 0.4) is 0 Å². The van der Waals surface area contributed by atoms with Crippen LogP contribution in [0, 0.1) is 5.92 Å². The van der Waals surface area contributed by atoms with Crippen molar-refractivity contribution >= 4 is 5.97 Å². The predicted molar refractivity (Wildman–Crippen MR) is 116 cm³/mol. The summed E-state index contributed by atoms with van der Waals surface area (Å²) in [4.78, 5) is 11.5. The molecule has 1 atom stereocenters. The third kappa shape index (κ3) is 13.3. The lowest BCUT2D eigenvalue weighted by Crippen LogP contribution is -2.16. The second kappa shape index (κ2) is 16.6. The van der Waals surface area contributed by atoms with Gasteiger partial charge < -0.3 is 5.11 Å². The first-order valence-electron chi connectivity index (χ1n) is 11.2. The van der Waals surface area contributed by atoms with Crippen molar-refractivity contribution in [3.63, 3.8) is 0 Å². The SMILES string of the molecule is CCCCCCCCC=CCCCCCCC(Cc1ccccc1)C(=O)O. The van der Waals surface area contributed by atoms with Gasteiger partial charge in [-0.05, 0) is 44.1 Å². The van der Waals surface area contributed by atoms with Crippen molar-refractivity contribution in [1.82, 2.24) is 0 Å². The third-order valence-corrected chi connectivity index (χ3v) is 5.24. The van der Waals surface area contributed by atoms with Crippen LogP contribution in [0.4, 0.5) is 0 Å². The molecule has 2 nitrogen and oxygen atoms in total. The summed E-state index contributed by atoms with van der Waals surface area (Å²) < 4.78 is 0. The number of unbranched alkanes of at least 4 members (excludes halogenated alkanes) is 10. The van der Waals surface area contributed by atoms with Crippen molar-refractivity contribution in [3.05, 3.63) is 48.0 Å². The molecule has 0 amide bonds. The number of carbonyl (C=O) groups is 1. The van der Waals surface area contributed by atoms with E-state index in [-0.39, 0.29) is 5.92 Å². The predicted octanol–water partition coefficient (Wildman–Crippen LogP) is 7.58. The van der Waals surface area contributed by atoms with E-state index < -0.39 is 5.97 Å². The van der Waals surface area contributed by atoms with Crippen molar-refractivity contribution in [1.29, 1.82) is 0 Å². The number of aliphatic carboxylic acids is 1. The molecule has 1 aromatic rings. The van der Waals surface area contributed by atoms with Gasteiger partial charge in [0.1, 0.15) is 0 Å². The molecule has 0 spiro atoms. The number of carboxylic acid groups (broad SMARTS) is 1. The Hall–Kier alpha value is -1.57. The molecule has 1 N–H and O–H groups in total. The van der Waals surface area contributed by atoms with Crippen molar-refractivity contribution < 1.29 is 9.90 Å². The molecule has 0 radical (unpaired) electrons. The summed E-state index contributed by atoms with van der Waals surface area (Å²) in [7, 11) is 0. The van der Waals surface area contributed by atoms with Crippen LogP contribution in [-0.4, -0.2) is 11.1 Å². The molecule has 1 rings (SSSR count). The lowest BCUT2D eigenvalue weighted by molar-refractivity contribution is -0.142. The summed E-state index contributed by atoms with van der Waals surface area (Å²) in [5.74, 6) is -0.902. The summed E-state index contributed by atoms with van der Waals surface area (Å²) in [6.07, 6.45) is 21.3. The average molecular weight is 373 g/mol. The van der Waals surface area contributed by atoms with Crippen LogP contribution in [0.15, 0.2) is 42.5 Å². The van der Waals surface area contributed by atoms with Crippen LogP contribution in [-0.2, 0) is 11.2 Å². The highest BCUT2D eigenvalue weighted by Gasteiger charge is 2.17. The lowest BCUT2D eigenvalue weighted by Gasteiger charge is -2.12. The average Bonchev–Trinajstić information content (AvgIpc) is 2.68. The summed E-state index contributed by atoms with van der Waals surface area (Å²) in [5, 5.41) is 9.43. The number of carboxylic acids is 1. The fourth-order valence-corrected chi connectivity index (χ4v) is 3.50. The Morgan fingerprint density at radius 1 is 0.852 bits per heavy atom. The van der Waals surface area contributed by atoms with E-state index >= 15 is 0 Å². The van der Waals surface area contributed by atoms with Gasteiger partial charge in [0.15, 0.2) is 0 Å². The van der Waals surface area contributed by atoms with Gasteiger partial charge >= 0.3 is 5.97 Å². The Labute approximate surface area is 167 Å². The van der Waals surface area contributed by atoms with Crippen LogP contribution < -0.4 is 0 Å². The van der Waals surface area contributed by atoms with Gasteiger partial charge in [0.25, 0.3) is 0 Å². The van der Waals surface area contributed by atoms with Gasteiger partial charge in [0, 0.05) is 0 Å². The molecule has 152 valence electrons. The molecule has 1 unspecified atom stereocenters. The molecular weight excluding hydrogens is 332 g/mol. The first kappa shape index (κ1) is 23.5. The minimum absolute atomic E-state index is 0.246. The lowest BCUT2D eigenvalue weighted by atomic mass is 9.93. The van der Waals surface area contributed by atoms with Gasteiger partial charge in [-0.15, -0.1) is 0 Å². The van der Waals surface area contributed by atoms with E-state index in [4.69, 9.17) is 0 Å². The van der Waals surface area contributed by atoms with E-state index in [2.05, 4.69) is 19.1 Å². The number of benzene rings is 1. The first-order chi connectivity index (χ1) is 13.2.